The molecule has 0 saturated carbocycles. The largest absolute Gasteiger partial charge is 0.340 e. The van der Waals surface area contributed by atoms with E-state index in [1.807, 2.05) is 0 Å². The van der Waals surface area contributed by atoms with Crippen LogP contribution in [-0.4, -0.2) is 65.0 Å². The maximum Gasteiger partial charge on any atom is 0.243 e. The van der Waals surface area contributed by atoms with E-state index in [4.69, 9.17) is 11.6 Å². The van der Waals surface area contributed by atoms with Crippen molar-refractivity contribution in [1.29, 1.82) is 0 Å². The molecule has 1 unspecified atom stereocenters. The average molecular weight is 395 g/mol. The lowest BCUT2D eigenvalue weighted by Gasteiger charge is -2.28. The second-order valence-corrected chi connectivity index (χ2v) is 10.4. The highest BCUT2D eigenvalue weighted by Gasteiger charge is 2.34. The second-order valence-electron chi connectivity index (χ2n) is 5.81. The van der Waals surface area contributed by atoms with E-state index in [1.54, 1.807) is 18.2 Å². The van der Waals surface area contributed by atoms with Gasteiger partial charge in [-0.25, -0.2) is 16.8 Å². The number of amides is 1. The van der Waals surface area contributed by atoms with Crippen LogP contribution in [-0.2, 0) is 24.7 Å². The zero-order valence-corrected chi connectivity index (χ0v) is 15.7. The van der Waals surface area contributed by atoms with Gasteiger partial charge in [-0.1, -0.05) is 17.7 Å². The molecule has 1 fully saturated rings. The third kappa shape index (κ3) is 4.61. The maximum atomic E-state index is 12.4. The summed E-state index contributed by atoms with van der Waals surface area (Å²) < 4.78 is 48.1. The number of halogens is 1. The van der Waals surface area contributed by atoms with Crippen molar-refractivity contribution in [3.63, 3.8) is 0 Å². The van der Waals surface area contributed by atoms with Crippen molar-refractivity contribution in [2.75, 3.05) is 35.7 Å². The van der Waals surface area contributed by atoms with Crippen LogP contribution in [0.15, 0.2) is 24.3 Å². The normalized spacial score (nSPS) is 19.9. The monoisotopic (exact) mass is 394 g/mol. The zero-order chi connectivity index (χ0) is 18.1. The fourth-order valence-electron chi connectivity index (χ4n) is 2.55. The summed E-state index contributed by atoms with van der Waals surface area (Å²) in [5.74, 6) is -0.521. The molecule has 1 atom stereocenters. The summed E-state index contributed by atoms with van der Waals surface area (Å²) in [6.07, 6.45) is 1.36. The number of carbonyl (C=O) groups is 1. The van der Waals surface area contributed by atoms with Gasteiger partial charge < -0.3 is 4.90 Å². The smallest absolute Gasteiger partial charge is 0.243 e. The molecule has 0 aromatic heterocycles. The minimum absolute atomic E-state index is 0.0410. The number of sulfonamides is 1. The second kappa shape index (κ2) is 6.89. The molecule has 24 heavy (non-hydrogen) atoms. The lowest BCUT2D eigenvalue weighted by atomic mass is 10.2. The van der Waals surface area contributed by atoms with E-state index in [2.05, 4.69) is 0 Å². The van der Waals surface area contributed by atoms with E-state index in [0.29, 0.717) is 11.4 Å². The van der Waals surface area contributed by atoms with Gasteiger partial charge in [0.1, 0.15) is 6.54 Å². The quantitative estimate of drug-likeness (QED) is 0.734. The van der Waals surface area contributed by atoms with Crippen LogP contribution in [0.2, 0.25) is 5.02 Å². The van der Waals surface area contributed by atoms with Gasteiger partial charge in [-0.2, -0.15) is 0 Å². The first-order chi connectivity index (χ1) is 11.0. The van der Waals surface area contributed by atoms with Crippen molar-refractivity contribution < 1.29 is 21.6 Å². The molecule has 0 radical (unpaired) electrons. The summed E-state index contributed by atoms with van der Waals surface area (Å²) in [5.41, 5.74) is 0.283. The summed E-state index contributed by atoms with van der Waals surface area (Å²) in [6.45, 7) is -0.410. The Morgan fingerprint density at radius 2 is 2.04 bits per heavy atom. The number of hydrogen-bond acceptors (Lipinski definition) is 5. The maximum absolute atomic E-state index is 12.4. The third-order valence-corrected chi connectivity index (χ3v) is 7.05. The molecule has 1 aromatic rings. The first-order valence-corrected chi connectivity index (χ1v) is 11.2. The van der Waals surface area contributed by atoms with E-state index >= 15 is 0 Å². The first kappa shape index (κ1) is 19.0. The molecule has 2 rings (SSSR count). The molecule has 0 spiro atoms. The summed E-state index contributed by atoms with van der Waals surface area (Å²) in [7, 11) is -5.34. The fraction of sp³-hybridized carbons (Fsp3) is 0.500. The van der Waals surface area contributed by atoms with Gasteiger partial charge in [0.2, 0.25) is 15.9 Å². The molecule has 0 aliphatic carbocycles. The van der Waals surface area contributed by atoms with Crippen LogP contribution in [0, 0.1) is 0 Å². The van der Waals surface area contributed by atoms with Crippen molar-refractivity contribution in [2.24, 2.45) is 0 Å². The SMILES string of the molecule is CN(C(=O)CN(c1cccc(Cl)c1)S(C)(=O)=O)C1CCS(=O)(=O)C1. The minimum atomic E-state index is -3.70. The van der Waals surface area contributed by atoms with Crippen LogP contribution >= 0.6 is 11.6 Å². The zero-order valence-electron chi connectivity index (χ0n) is 13.3. The number of hydrogen-bond donors (Lipinski definition) is 0. The van der Waals surface area contributed by atoms with Crippen molar-refractivity contribution in [3.8, 4) is 0 Å². The Morgan fingerprint density at radius 1 is 1.38 bits per heavy atom. The Labute approximate surface area is 147 Å². The van der Waals surface area contributed by atoms with Gasteiger partial charge in [-0.05, 0) is 24.6 Å². The molecule has 1 heterocycles. The molecular weight excluding hydrogens is 376 g/mol. The third-order valence-electron chi connectivity index (χ3n) is 3.92. The Morgan fingerprint density at radius 3 is 2.54 bits per heavy atom. The molecule has 134 valence electrons. The average Bonchev–Trinajstić information content (AvgIpc) is 2.82. The lowest BCUT2D eigenvalue weighted by Crippen LogP contribution is -2.45. The predicted molar refractivity (Wildman–Crippen MR) is 93.5 cm³/mol. The molecule has 0 bridgehead atoms. The Hall–Kier alpha value is -1.32. The van der Waals surface area contributed by atoms with Crippen molar-refractivity contribution in [2.45, 2.75) is 12.5 Å². The van der Waals surface area contributed by atoms with Gasteiger partial charge in [-0.3, -0.25) is 9.10 Å². The van der Waals surface area contributed by atoms with E-state index in [-0.39, 0.29) is 17.2 Å². The minimum Gasteiger partial charge on any atom is -0.340 e. The standard InChI is InChI=1S/C14H19ClN2O5S2/c1-16(13-6-7-24(21,22)10-13)14(18)9-17(23(2,19)20)12-5-3-4-11(15)8-12/h3-5,8,13H,6-7,9-10H2,1-2H3. The highest BCUT2D eigenvalue weighted by molar-refractivity contribution is 7.92. The Kier molecular flexibility index (Phi) is 5.46. The molecule has 1 aromatic carbocycles. The lowest BCUT2D eigenvalue weighted by molar-refractivity contribution is -0.129. The Balaban J connectivity index is 2.19. The molecule has 7 nitrogen and oxygen atoms in total. The molecule has 1 saturated heterocycles. The Bertz CT molecular complexity index is 838. The van der Waals surface area contributed by atoms with E-state index in [1.165, 1.54) is 18.0 Å². The predicted octanol–water partition coefficient (Wildman–Crippen LogP) is 0.752. The first-order valence-electron chi connectivity index (χ1n) is 7.19. The number of sulfone groups is 1. The molecule has 10 heteroatoms. The highest BCUT2D eigenvalue weighted by Crippen LogP contribution is 2.23. The molecule has 1 aliphatic heterocycles. The highest BCUT2D eigenvalue weighted by atomic mass is 35.5. The van der Waals surface area contributed by atoms with Crippen molar-refractivity contribution in [1.82, 2.24) is 4.90 Å². The molecule has 1 amide bonds. The number of benzene rings is 1. The van der Waals surface area contributed by atoms with Crippen LogP contribution in [0.3, 0.4) is 0 Å². The van der Waals surface area contributed by atoms with Gasteiger partial charge in [0.05, 0.1) is 23.4 Å². The number of carbonyl (C=O) groups excluding carboxylic acids is 1. The summed E-state index contributed by atoms with van der Waals surface area (Å²) in [5, 5.41) is 0.351. The molecular formula is C14H19ClN2O5S2. The van der Waals surface area contributed by atoms with Crippen molar-refractivity contribution >= 4 is 43.1 Å². The number of likely N-dealkylation sites (N-methyl/N-ethyl adjacent to an activating group) is 1. The van der Waals surface area contributed by atoms with Gasteiger partial charge in [0.25, 0.3) is 0 Å². The molecule has 1 aliphatic rings. The van der Waals surface area contributed by atoms with Gasteiger partial charge in [0.15, 0.2) is 9.84 Å². The fourth-order valence-corrected chi connectivity index (χ4v) is 5.35. The van der Waals surface area contributed by atoms with Crippen LogP contribution in [0.4, 0.5) is 5.69 Å². The molecule has 0 N–H and O–H groups in total. The summed E-state index contributed by atoms with van der Waals surface area (Å²) >= 11 is 5.89. The van der Waals surface area contributed by atoms with Crippen LogP contribution in [0.5, 0.6) is 0 Å². The van der Waals surface area contributed by atoms with Gasteiger partial charge in [-0.15, -0.1) is 0 Å². The number of rotatable bonds is 5. The van der Waals surface area contributed by atoms with Crippen molar-refractivity contribution in [3.05, 3.63) is 29.3 Å². The van der Waals surface area contributed by atoms with Crippen LogP contribution in [0.1, 0.15) is 6.42 Å². The number of anilines is 1. The van der Waals surface area contributed by atoms with E-state index in [9.17, 15) is 21.6 Å². The van der Waals surface area contributed by atoms with Gasteiger partial charge >= 0.3 is 0 Å². The summed E-state index contributed by atoms with van der Waals surface area (Å²) in [6, 6.07) is 5.76. The topological polar surface area (TPSA) is 91.8 Å². The van der Waals surface area contributed by atoms with Gasteiger partial charge in [0, 0.05) is 18.1 Å². The van der Waals surface area contributed by atoms with E-state index in [0.717, 1.165) is 10.6 Å². The number of nitrogens with zero attached hydrogens (tertiary/aromatic N) is 2. The van der Waals surface area contributed by atoms with Crippen LogP contribution < -0.4 is 4.31 Å². The van der Waals surface area contributed by atoms with Crippen LogP contribution in [0.25, 0.3) is 0 Å². The summed E-state index contributed by atoms with van der Waals surface area (Å²) in [4.78, 5) is 13.8. The van der Waals surface area contributed by atoms with E-state index < -0.39 is 38.4 Å².